The van der Waals surface area contributed by atoms with Gasteiger partial charge >= 0.3 is 0 Å². The van der Waals surface area contributed by atoms with E-state index in [9.17, 15) is 4.39 Å². The summed E-state index contributed by atoms with van der Waals surface area (Å²) in [7, 11) is 4.80. The van der Waals surface area contributed by atoms with E-state index in [-0.39, 0.29) is 5.82 Å². The highest BCUT2D eigenvalue weighted by molar-refractivity contribution is 6.05. The number of pyridine rings is 1. The van der Waals surface area contributed by atoms with E-state index in [1.54, 1.807) is 27.4 Å². The van der Waals surface area contributed by atoms with Crippen LogP contribution in [0.25, 0.3) is 17.2 Å². The molecule has 1 heterocycles. The highest BCUT2D eigenvalue weighted by Gasteiger charge is 2.26. The van der Waals surface area contributed by atoms with Crippen molar-refractivity contribution < 1.29 is 18.6 Å². The van der Waals surface area contributed by atoms with Gasteiger partial charge in [0.05, 0.1) is 21.3 Å². The summed E-state index contributed by atoms with van der Waals surface area (Å²) < 4.78 is 31.3. The molecule has 1 aromatic heterocycles. The maximum absolute atomic E-state index is 14.6. The minimum absolute atomic E-state index is 0.248. The first kappa shape index (κ1) is 27.2. The Labute approximate surface area is 235 Å². The van der Waals surface area contributed by atoms with Crippen molar-refractivity contribution in [3.8, 4) is 17.2 Å². The van der Waals surface area contributed by atoms with Gasteiger partial charge in [-0.25, -0.2) is 4.39 Å². The maximum atomic E-state index is 14.6. The molecule has 0 atom stereocenters. The fourth-order valence-electron chi connectivity index (χ4n) is 5.29. The van der Waals surface area contributed by atoms with Crippen molar-refractivity contribution in [2.45, 2.75) is 20.0 Å². The maximum Gasteiger partial charge on any atom is 0.203 e. The van der Waals surface area contributed by atoms with Gasteiger partial charge in [-0.1, -0.05) is 36.4 Å². The molecule has 0 N–H and O–H groups in total. The second kappa shape index (κ2) is 12.2. The van der Waals surface area contributed by atoms with Crippen LogP contribution in [0, 0.1) is 5.82 Å². The Morgan fingerprint density at radius 2 is 1.40 bits per heavy atom. The van der Waals surface area contributed by atoms with E-state index >= 15 is 0 Å². The number of hydrogen-bond donors (Lipinski definition) is 0. The van der Waals surface area contributed by atoms with Crippen molar-refractivity contribution in [1.29, 1.82) is 0 Å². The largest absolute Gasteiger partial charge is 0.493 e. The summed E-state index contributed by atoms with van der Waals surface area (Å²) in [5, 5.41) is 0. The number of aromatic nitrogens is 1. The third-order valence-corrected chi connectivity index (χ3v) is 7.24. The Kier molecular flexibility index (Phi) is 8.27. The van der Waals surface area contributed by atoms with Crippen molar-refractivity contribution in [3.05, 3.63) is 124 Å². The number of benzene rings is 3. The van der Waals surface area contributed by atoms with Gasteiger partial charge in [0.15, 0.2) is 11.5 Å². The third-order valence-electron chi connectivity index (χ3n) is 7.24. The van der Waals surface area contributed by atoms with Gasteiger partial charge in [-0.15, -0.1) is 0 Å². The first-order chi connectivity index (χ1) is 19.5. The molecule has 204 valence electrons. The molecule has 0 fully saturated rings. The van der Waals surface area contributed by atoms with Crippen LogP contribution >= 0.6 is 0 Å². The topological polar surface area (TPSA) is 43.8 Å². The molecule has 6 heteroatoms. The van der Waals surface area contributed by atoms with Gasteiger partial charge in [0.1, 0.15) is 5.82 Å². The summed E-state index contributed by atoms with van der Waals surface area (Å²) in [6, 6.07) is 23.4. The zero-order valence-corrected chi connectivity index (χ0v) is 23.3. The molecule has 0 spiro atoms. The number of methoxy groups -OCH3 is 3. The fourth-order valence-corrected chi connectivity index (χ4v) is 5.29. The predicted molar refractivity (Wildman–Crippen MR) is 158 cm³/mol. The smallest absolute Gasteiger partial charge is 0.203 e. The van der Waals surface area contributed by atoms with Gasteiger partial charge in [-0.05, 0) is 93.9 Å². The van der Waals surface area contributed by atoms with Crippen LogP contribution in [0.5, 0.6) is 17.2 Å². The zero-order chi connectivity index (χ0) is 28.1. The lowest BCUT2D eigenvalue weighted by Gasteiger charge is -2.24. The average molecular weight is 537 g/mol. The van der Waals surface area contributed by atoms with Crippen LogP contribution in [0.3, 0.4) is 0 Å². The van der Waals surface area contributed by atoms with E-state index in [4.69, 9.17) is 14.2 Å². The summed E-state index contributed by atoms with van der Waals surface area (Å²) in [6.45, 7) is 4.28. The monoisotopic (exact) mass is 536 g/mol. The van der Waals surface area contributed by atoms with E-state index in [2.05, 4.69) is 47.1 Å². The number of allylic oxidation sites excluding steroid dienone is 2. The summed E-state index contributed by atoms with van der Waals surface area (Å²) in [5.41, 5.74) is 8.49. The molecule has 0 unspecified atom stereocenters. The number of ether oxygens (including phenoxy) is 3. The Hall–Kier alpha value is -4.42. The molecule has 0 bridgehead atoms. The minimum atomic E-state index is -0.248. The lowest BCUT2D eigenvalue weighted by atomic mass is 10.00. The number of nitrogens with zero attached hydrogens (tertiary/aromatic N) is 2. The van der Waals surface area contributed by atoms with Gasteiger partial charge in [0.25, 0.3) is 0 Å². The Morgan fingerprint density at radius 1 is 0.750 bits per heavy atom. The van der Waals surface area contributed by atoms with E-state index < -0.39 is 0 Å². The minimum Gasteiger partial charge on any atom is -0.493 e. The van der Waals surface area contributed by atoms with Crippen LogP contribution in [-0.2, 0) is 13.1 Å². The van der Waals surface area contributed by atoms with E-state index in [0.29, 0.717) is 23.8 Å². The third kappa shape index (κ3) is 5.77. The van der Waals surface area contributed by atoms with Crippen LogP contribution in [0.15, 0.2) is 90.8 Å². The summed E-state index contributed by atoms with van der Waals surface area (Å²) in [4.78, 5) is 6.56. The van der Waals surface area contributed by atoms with Crippen molar-refractivity contribution >= 4 is 17.2 Å². The standard InChI is InChI=1S/C34H33FN2O3/c1-23-29(16-26-17-32(38-2)34(40-4)33(18-26)39-3)28-11-10-27(35)19-30(28)31(23)22-37(20-24-8-6-5-7-9-24)21-25-12-14-36-15-13-25/h5-19H,20-22H2,1-4H3/b29-16-. The SMILES string of the molecule is COc1cc(/C=C2/C(C)=C(CN(Cc3ccccc3)Cc3ccncc3)c3cc(F)ccc32)cc(OC)c1OC. The van der Waals surface area contributed by atoms with E-state index in [0.717, 1.165) is 46.5 Å². The molecule has 0 amide bonds. The first-order valence-electron chi connectivity index (χ1n) is 13.2. The zero-order valence-electron chi connectivity index (χ0n) is 23.3. The van der Waals surface area contributed by atoms with Crippen molar-refractivity contribution in [2.75, 3.05) is 27.9 Å². The summed E-state index contributed by atoms with van der Waals surface area (Å²) in [5.74, 6) is 1.46. The number of rotatable bonds is 10. The molecular weight excluding hydrogens is 503 g/mol. The first-order valence-corrected chi connectivity index (χ1v) is 13.2. The molecule has 1 aliphatic carbocycles. The van der Waals surface area contributed by atoms with Crippen LogP contribution in [-0.4, -0.2) is 37.8 Å². The average Bonchev–Trinajstić information content (AvgIpc) is 3.22. The molecule has 0 aliphatic heterocycles. The van der Waals surface area contributed by atoms with Crippen LogP contribution in [0.4, 0.5) is 4.39 Å². The molecule has 5 rings (SSSR count). The van der Waals surface area contributed by atoms with Gasteiger partial charge in [0.2, 0.25) is 5.75 Å². The van der Waals surface area contributed by atoms with Crippen LogP contribution < -0.4 is 14.2 Å². The molecule has 1 aliphatic rings. The number of hydrogen-bond acceptors (Lipinski definition) is 5. The van der Waals surface area contributed by atoms with Gasteiger partial charge in [-0.2, -0.15) is 0 Å². The molecule has 0 saturated carbocycles. The highest BCUT2D eigenvalue weighted by atomic mass is 19.1. The number of halogens is 1. The number of fused-ring (bicyclic) bond motifs is 1. The fraction of sp³-hybridized carbons (Fsp3) is 0.206. The van der Waals surface area contributed by atoms with E-state index in [1.165, 1.54) is 17.2 Å². The lowest BCUT2D eigenvalue weighted by Crippen LogP contribution is -2.25. The summed E-state index contributed by atoms with van der Waals surface area (Å²) >= 11 is 0. The van der Waals surface area contributed by atoms with E-state index in [1.807, 2.05) is 48.8 Å². The molecule has 5 nitrogen and oxygen atoms in total. The van der Waals surface area contributed by atoms with Crippen molar-refractivity contribution in [2.24, 2.45) is 0 Å². The molecular formula is C34H33FN2O3. The highest BCUT2D eigenvalue weighted by Crippen LogP contribution is 2.45. The van der Waals surface area contributed by atoms with Crippen molar-refractivity contribution in [1.82, 2.24) is 9.88 Å². The van der Waals surface area contributed by atoms with Gasteiger partial charge in [0, 0.05) is 32.0 Å². The predicted octanol–water partition coefficient (Wildman–Crippen LogP) is 7.28. The molecule has 0 radical (unpaired) electrons. The van der Waals surface area contributed by atoms with Crippen LogP contribution in [0.2, 0.25) is 0 Å². The van der Waals surface area contributed by atoms with Crippen LogP contribution in [0.1, 0.15) is 34.7 Å². The van der Waals surface area contributed by atoms with Gasteiger partial charge in [-0.3, -0.25) is 9.88 Å². The second-order valence-corrected chi connectivity index (χ2v) is 9.80. The Morgan fingerprint density at radius 3 is 2.02 bits per heavy atom. The van der Waals surface area contributed by atoms with Gasteiger partial charge < -0.3 is 14.2 Å². The Balaban J connectivity index is 1.57. The molecule has 40 heavy (non-hydrogen) atoms. The Bertz CT molecular complexity index is 1480. The second-order valence-electron chi connectivity index (χ2n) is 9.80. The molecule has 3 aromatic carbocycles. The quantitative estimate of drug-likeness (QED) is 0.213. The molecule has 0 saturated heterocycles. The van der Waals surface area contributed by atoms with Crippen molar-refractivity contribution in [3.63, 3.8) is 0 Å². The summed E-state index contributed by atoms with van der Waals surface area (Å²) in [6.07, 6.45) is 5.74. The lowest BCUT2D eigenvalue weighted by molar-refractivity contribution is 0.290. The normalized spacial score (nSPS) is 13.6. The molecule has 4 aromatic rings.